The summed E-state index contributed by atoms with van der Waals surface area (Å²) in [6.07, 6.45) is -0.0879. The number of benzene rings is 2. The molecule has 3 atom stereocenters. The van der Waals surface area contributed by atoms with Gasteiger partial charge in [-0.3, -0.25) is 24.0 Å². The molecule has 0 saturated carbocycles. The number of ether oxygens (including phenoxy) is 1. The third-order valence-corrected chi connectivity index (χ3v) is 5.78. The van der Waals surface area contributed by atoms with E-state index in [1.807, 2.05) is 42.5 Å². The Labute approximate surface area is 205 Å². The van der Waals surface area contributed by atoms with Crippen molar-refractivity contribution in [1.82, 2.24) is 10.8 Å². The van der Waals surface area contributed by atoms with Crippen LogP contribution in [0.5, 0.6) is 0 Å². The maximum Gasteiger partial charge on any atom is 0.244 e. The second kappa shape index (κ2) is 11.6. The minimum absolute atomic E-state index is 0.123. The molecule has 1 heterocycles. The molecule has 0 aromatic heterocycles. The fraction of sp³-hybridized carbons (Fsp3) is 0.481. The van der Waals surface area contributed by atoms with E-state index in [1.54, 1.807) is 27.7 Å². The minimum Gasteiger partial charge on any atom is -0.365 e. The molecule has 1 aliphatic heterocycles. The largest absolute Gasteiger partial charge is 0.365 e. The maximum atomic E-state index is 12.9. The number of Topliss-reactive ketones (excluding diaryl/α,β-unsaturated/α-hetero) is 2. The molecular weight excluding hydrogens is 448 g/mol. The summed E-state index contributed by atoms with van der Waals surface area (Å²) in [6, 6.07) is 13.2. The van der Waals surface area contributed by atoms with Crippen molar-refractivity contribution >= 4 is 34.2 Å². The molecule has 188 valence electrons. The molecule has 2 amide bonds. The molecule has 2 aromatic carbocycles. The Morgan fingerprint density at radius 2 is 1.74 bits per heavy atom. The van der Waals surface area contributed by atoms with E-state index in [9.17, 15) is 19.2 Å². The number of ketones is 2. The summed E-state index contributed by atoms with van der Waals surface area (Å²) < 4.78 is 5.01. The number of aryl methyl sites for hydroxylation is 1. The summed E-state index contributed by atoms with van der Waals surface area (Å²) in [5.74, 6) is -2.31. The van der Waals surface area contributed by atoms with E-state index in [4.69, 9.17) is 9.57 Å². The highest BCUT2D eigenvalue weighted by molar-refractivity contribution is 5.95. The molecule has 2 aromatic rings. The number of rotatable bonds is 12. The molecule has 1 fully saturated rings. The zero-order valence-corrected chi connectivity index (χ0v) is 20.8. The molecule has 0 radical (unpaired) electrons. The van der Waals surface area contributed by atoms with E-state index >= 15 is 0 Å². The van der Waals surface area contributed by atoms with Gasteiger partial charge in [-0.25, -0.2) is 5.48 Å². The van der Waals surface area contributed by atoms with Crippen LogP contribution < -0.4 is 10.8 Å². The summed E-state index contributed by atoms with van der Waals surface area (Å²) in [5, 5.41) is 4.90. The van der Waals surface area contributed by atoms with Gasteiger partial charge in [-0.2, -0.15) is 0 Å². The topological polar surface area (TPSA) is 114 Å². The van der Waals surface area contributed by atoms with Crippen molar-refractivity contribution in [3.63, 3.8) is 0 Å². The van der Waals surface area contributed by atoms with E-state index in [0.717, 1.165) is 16.3 Å². The summed E-state index contributed by atoms with van der Waals surface area (Å²) >= 11 is 0. The van der Waals surface area contributed by atoms with Crippen molar-refractivity contribution in [2.24, 2.45) is 5.92 Å². The molecule has 0 bridgehead atoms. The molecule has 0 aliphatic carbocycles. The molecule has 8 heteroatoms. The molecule has 3 rings (SSSR count). The number of nitrogens with one attached hydrogen (secondary N) is 2. The second-order valence-electron chi connectivity index (χ2n) is 9.97. The smallest absolute Gasteiger partial charge is 0.244 e. The highest BCUT2D eigenvalue weighted by Crippen LogP contribution is 2.21. The van der Waals surface area contributed by atoms with Gasteiger partial charge in [0.2, 0.25) is 11.8 Å². The SMILES string of the molecule is C[C@H](NC(=O)[C@H](CC(=O)NOC(C)(C)C)CC(=O)C1CO1)C(=O)CCc1cccc2ccccc12. The average molecular weight is 483 g/mol. The van der Waals surface area contributed by atoms with E-state index in [1.165, 1.54) is 0 Å². The van der Waals surface area contributed by atoms with Gasteiger partial charge in [0.1, 0.15) is 6.10 Å². The summed E-state index contributed by atoms with van der Waals surface area (Å²) in [5.41, 5.74) is 2.79. The number of hydrogen-bond acceptors (Lipinski definition) is 6. The van der Waals surface area contributed by atoms with Crippen molar-refractivity contribution < 1.29 is 28.8 Å². The van der Waals surface area contributed by atoms with Gasteiger partial charge in [0.15, 0.2) is 11.6 Å². The molecule has 1 aliphatic rings. The Hall–Kier alpha value is -3.10. The number of amides is 2. The number of carbonyl (C=O) groups excluding carboxylic acids is 4. The Morgan fingerprint density at radius 3 is 2.43 bits per heavy atom. The van der Waals surface area contributed by atoms with E-state index in [-0.39, 0.29) is 30.8 Å². The van der Waals surface area contributed by atoms with Gasteiger partial charge in [-0.15, -0.1) is 0 Å². The van der Waals surface area contributed by atoms with Gasteiger partial charge in [-0.05, 0) is 50.5 Å². The molecule has 8 nitrogen and oxygen atoms in total. The maximum absolute atomic E-state index is 12.9. The van der Waals surface area contributed by atoms with Crippen molar-refractivity contribution in [2.45, 2.75) is 71.1 Å². The average Bonchev–Trinajstić information content (AvgIpc) is 3.66. The van der Waals surface area contributed by atoms with Crippen LogP contribution >= 0.6 is 0 Å². The third kappa shape index (κ3) is 8.26. The number of hydroxylamine groups is 1. The second-order valence-corrected chi connectivity index (χ2v) is 9.97. The van der Waals surface area contributed by atoms with Gasteiger partial charge in [-0.1, -0.05) is 42.5 Å². The Morgan fingerprint density at radius 1 is 1.06 bits per heavy atom. The number of epoxide rings is 1. The van der Waals surface area contributed by atoms with Crippen LogP contribution in [-0.4, -0.2) is 47.7 Å². The van der Waals surface area contributed by atoms with Crippen molar-refractivity contribution in [3.05, 3.63) is 48.0 Å². The molecule has 1 unspecified atom stereocenters. The van der Waals surface area contributed by atoms with Crippen LogP contribution in [-0.2, 0) is 35.2 Å². The lowest BCUT2D eigenvalue weighted by molar-refractivity contribution is -0.148. The van der Waals surface area contributed by atoms with Crippen LogP contribution in [0, 0.1) is 5.92 Å². The first-order valence-corrected chi connectivity index (χ1v) is 11.9. The van der Waals surface area contributed by atoms with Gasteiger partial charge < -0.3 is 10.1 Å². The minimum atomic E-state index is -0.927. The lowest BCUT2D eigenvalue weighted by atomic mass is 9.95. The lowest BCUT2D eigenvalue weighted by Crippen LogP contribution is -2.44. The first-order chi connectivity index (χ1) is 16.5. The molecule has 2 N–H and O–H groups in total. The third-order valence-electron chi connectivity index (χ3n) is 5.78. The van der Waals surface area contributed by atoms with Crippen LogP contribution in [0.2, 0.25) is 0 Å². The first kappa shape index (κ1) is 26.5. The molecular formula is C27H34N2O6. The van der Waals surface area contributed by atoms with Crippen LogP contribution in [0.1, 0.15) is 52.5 Å². The Kier molecular flexibility index (Phi) is 8.75. The predicted octanol–water partition coefficient (Wildman–Crippen LogP) is 3.06. The van der Waals surface area contributed by atoms with E-state index in [0.29, 0.717) is 13.0 Å². The summed E-state index contributed by atoms with van der Waals surface area (Å²) in [7, 11) is 0. The first-order valence-electron chi connectivity index (χ1n) is 11.9. The van der Waals surface area contributed by atoms with Crippen LogP contribution in [0.4, 0.5) is 0 Å². The molecule has 35 heavy (non-hydrogen) atoms. The van der Waals surface area contributed by atoms with E-state index < -0.39 is 35.5 Å². The molecule has 0 spiro atoms. The van der Waals surface area contributed by atoms with Gasteiger partial charge in [0.05, 0.1) is 24.2 Å². The molecule has 1 saturated heterocycles. The van der Waals surface area contributed by atoms with Crippen LogP contribution in [0.25, 0.3) is 10.8 Å². The fourth-order valence-electron chi connectivity index (χ4n) is 3.74. The zero-order valence-electron chi connectivity index (χ0n) is 20.8. The highest BCUT2D eigenvalue weighted by Gasteiger charge is 2.35. The van der Waals surface area contributed by atoms with Crippen LogP contribution in [0.3, 0.4) is 0 Å². The fourth-order valence-corrected chi connectivity index (χ4v) is 3.74. The van der Waals surface area contributed by atoms with Crippen molar-refractivity contribution in [3.8, 4) is 0 Å². The number of hydrogen-bond donors (Lipinski definition) is 2. The van der Waals surface area contributed by atoms with Crippen molar-refractivity contribution in [2.75, 3.05) is 6.61 Å². The van der Waals surface area contributed by atoms with E-state index in [2.05, 4.69) is 10.8 Å². The monoisotopic (exact) mass is 482 g/mol. The Bertz CT molecular complexity index is 1080. The number of fused-ring (bicyclic) bond motifs is 1. The van der Waals surface area contributed by atoms with Gasteiger partial charge in [0.25, 0.3) is 0 Å². The lowest BCUT2D eigenvalue weighted by Gasteiger charge is -2.21. The van der Waals surface area contributed by atoms with Gasteiger partial charge >= 0.3 is 0 Å². The van der Waals surface area contributed by atoms with Crippen LogP contribution in [0.15, 0.2) is 42.5 Å². The standard InChI is InChI=1S/C27H34N2O6/c1-17(22(30)13-12-19-10-7-9-18-8-5-6-11-21(18)19)28-26(33)20(14-23(31)24-16-34-24)15-25(32)29-35-27(2,3)4/h5-11,17,20,24H,12-16H2,1-4H3,(H,28,33)(H,29,32)/t17-,20-,24?/m0/s1. The normalized spacial score (nSPS) is 16.9. The number of carbonyl (C=O) groups is 4. The zero-order chi connectivity index (χ0) is 25.6. The van der Waals surface area contributed by atoms with Gasteiger partial charge in [0, 0.05) is 19.3 Å². The van der Waals surface area contributed by atoms with Crippen molar-refractivity contribution in [1.29, 1.82) is 0 Å². The summed E-state index contributed by atoms with van der Waals surface area (Å²) in [6.45, 7) is 7.27. The highest BCUT2D eigenvalue weighted by atomic mass is 16.7. The quantitative estimate of drug-likeness (QED) is 0.355. The Balaban J connectivity index is 1.57. The predicted molar refractivity (Wildman–Crippen MR) is 131 cm³/mol. The summed E-state index contributed by atoms with van der Waals surface area (Å²) in [4.78, 5) is 55.6.